The van der Waals surface area contributed by atoms with E-state index in [1.165, 1.54) is 32.0 Å². The molecule has 1 unspecified atom stereocenters. The van der Waals surface area contributed by atoms with Crippen molar-refractivity contribution in [2.45, 2.75) is 25.6 Å². The molecule has 20 heavy (non-hydrogen) atoms. The van der Waals surface area contributed by atoms with Gasteiger partial charge in [-0.2, -0.15) is 8.78 Å². The molecule has 0 saturated heterocycles. The van der Waals surface area contributed by atoms with Crippen molar-refractivity contribution in [2.75, 3.05) is 13.2 Å². The molecule has 1 N–H and O–H groups in total. The Morgan fingerprint density at radius 2 is 1.90 bits per heavy atom. The fraction of sp³-hybridized carbons (Fsp3) is 0.500. The first-order chi connectivity index (χ1) is 9.28. The Labute approximate surface area is 124 Å². The zero-order chi connectivity index (χ0) is 15.4. The Hall–Kier alpha value is -0.330. The molecule has 0 radical (unpaired) electrons. The molecule has 0 amide bonds. The van der Waals surface area contributed by atoms with Crippen molar-refractivity contribution in [2.24, 2.45) is 0 Å². The molecule has 0 aliphatic heterocycles. The summed E-state index contributed by atoms with van der Waals surface area (Å²) in [6, 6.07) is 5.75. The standard InChI is InChI=1S/C12H16BrF2O4P/c1-3-18-20(17,19-4-2)12(14,15)11(16)9-6-5-7-10(13)8-9/h5-8,11,16H,3-4H2,1-2H3. The summed E-state index contributed by atoms with van der Waals surface area (Å²) in [5.74, 6) is 0. The Morgan fingerprint density at radius 3 is 2.35 bits per heavy atom. The van der Waals surface area contributed by atoms with E-state index in [0.717, 1.165) is 0 Å². The van der Waals surface area contributed by atoms with Crippen LogP contribution in [0.5, 0.6) is 0 Å². The van der Waals surface area contributed by atoms with E-state index in [9.17, 15) is 18.5 Å². The molecule has 114 valence electrons. The van der Waals surface area contributed by atoms with Crippen molar-refractivity contribution in [3.05, 3.63) is 34.3 Å². The predicted octanol–water partition coefficient (Wildman–Crippen LogP) is 4.34. The lowest BCUT2D eigenvalue weighted by molar-refractivity contribution is -0.0676. The number of halogens is 3. The number of alkyl halides is 2. The van der Waals surface area contributed by atoms with Gasteiger partial charge >= 0.3 is 13.3 Å². The van der Waals surface area contributed by atoms with Crippen LogP contribution >= 0.6 is 23.5 Å². The third kappa shape index (κ3) is 3.65. The fourth-order valence-corrected chi connectivity index (χ4v) is 3.54. The van der Waals surface area contributed by atoms with Crippen LogP contribution in [0.4, 0.5) is 8.78 Å². The molecule has 0 aliphatic carbocycles. The van der Waals surface area contributed by atoms with Crippen LogP contribution in [-0.2, 0) is 13.6 Å². The Bertz CT molecular complexity index is 488. The van der Waals surface area contributed by atoms with Gasteiger partial charge in [0.2, 0.25) is 0 Å². The molecule has 0 saturated carbocycles. The number of rotatable bonds is 7. The molecule has 0 heterocycles. The quantitative estimate of drug-likeness (QED) is 0.723. The highest BCUT2D eigenvalue weighted by molar-refractivity contribution is 9.10. The fourth-order valence-electron chi connectivity index (χ4n) is 1.58. The van der Waals surface area contributed by atoms with Crippen LogP contribution in [0, 0.1) is 0 Å². The van der Waals surface area contributed by atoms with Gasteiger partial charge in [0.15, 0.2) is 6.10 Å². The van der Waals surface area contributed by atoms with Gasteiger partial charge in [0.05, 0.1) is 13.2 Å². The van der Waals surface area contributed by atoms with Crippen molar-refractivity contribution in [3.8, 4) is 0 Å². The first-order valence-electron chi connectivity index (χ1n) is 5.99. The molecule has 1 aromatic rings. The summed E-state index contributed by atoms with van der Waals surface area (Å²) in [4.78, 5) is 0. The topological polar surface area (TPSA) is 55.8 Å². The molecule has 0 aromatic heterocycles. The van der Waals surface area contributed by atoms with Crippen LogP contribution in [0.2, 0.25) is 0 Å². The maximum Gasteiger partial charge on any atom is 0.402 e. The highest BCUT2D eigenvalue weighted by atomic mass is 79.9. The van der Waals surface area contributed by atoms with Gasteiger partial charge in [-0.15, -0.1) is 0 Å². The summed E-state index contributed by atoms with van der Waals surface area (Å²) in [7, 11) is -4.76. The Kier molecular flexibility index (Phi) is 6.28. The number of aliphatic hydroxyl groups excluding tert-OH is 1. The lowest BCUT2D eigenvalue weighted by Gasteiger charge is -2.29. The smallest absolute Gasteiger partial charge is 0.381 e. The molecule has 0 bridgehead atoms. The van der Waals surface area contributed by atoms with E-state index in [1.54, 1.807) is 6.07 Å². The summed E-state index contributed by atoms with van der Waals surface area (Å²) in [6.45, 7) is 2.43. The molecule has 4 nitrogen and oxygen atoms in total. The van der Waals surface area contributed by atoms with Crippen LogP contribution in [-0.4, -0.2) is 24.0 Å². The predicted molar refractivity (Wildman–Crippen MR) is 74.9 cm³/mol. The van der Waals surface area contributed by atoms with E-state index in [0.29, 0.717) is 4.47 Å². The van der Waals surface area contributed by atoms with Crippen molar-refractivity contribution < 1.29 is 27.5 Å². The average Bonchev–Trinajstić information content (AvgIpc) is 2.38. The molecule has 0 aliphatic rings. The van der Waals surface area contributed by atoms with Gasteiger partial charge in [0, 0.05) is 4.47 Å². The number of hydrogen-bond donors (Lipinski definition) is 1. The van der Waals surface area contributed by atoms with Gasteiger partial charge in [0.25, 0.3) is 0 Å². The maximum atomic E-state index is 14.3. The highest BCUT2D eigenvalue weighted by Gasteiger charge is 2.59. The Morgan fingerprint density at radius 1 is 1.35 bits per heavy atom. The first-order valence-corrected chi connectivity index (χ1v) is 8.32. The number of aliphatic hydroxyl groups is 1. The second kappa shape index (κ2) is 7.09. The van der Waals surface area contributed by atoms with E-state index >= 15 is 0 Å². The largest absolute Gasteiger partial charge is 0.402 e. The molecular formula is C12H16BrF2O4P. The van der Waals surface area contributed by atoms with Gasteiger partial charge in [-0.25, -0.2) is 0 Å². The summed E-state index contributed by atoms with van der Waals surface area (Å²) in [6.07, 6.45) is -2.29. The molecule has 0 fully saturated rings. The molecule has 1 rings (SSSR count). The lowest BCUT2D eigenvalue weighted by atomic mass is 10.1. The van der Waals surface area contributed by atoms with Crippen LogP contribution in [0.25, 0.3) is 0 Å². The summed E-state index contributed by atoms with van der Waals surface area (Å²) in [5, 5.41) is 9.86. The molecule has 1 atom stereocenters. The SMILES string of the molecule is CCOP(=O)(OCC)C(F)(F)C(O)c1cccc(Br)c1. The second-order valence-corrected chi connectivity index (χ2v) is 6.90. The summed E-state index contributed by atoms with van der Waals surface area (Å²) in [5.41, 5.74) is -4.12. The normalized spacial score (nSPS) is 14.3. The van der Waals surface area contributed by atoms with Crippen LogP contribution in [0.15, 0.2) is 28.7 Å². The zero-order valence-electron chi connectivity index (χ0n) is 11.1. The minimum Gasteiger partial charge on any atom is -0.381 e. The van der Waals surface area contributed by atoms with E-state index in [-0.39, 0.29) is 18.8 Å². The van der Waals surface area contributed by atoms with Gasteiger partial charge < -0.3 is 14.2 Å². The molecular weight excluding hydrogens is 357 g/mol. The lowest BCUT2D eigenvalue weighted by Crippen LogP contribution is -2.28. The van der Waals surface area contributed by atoms with Crippen LogP contribution in [0.1, 0.15) is 25.5 Å². The third-order valence-corrected chi connectivity index (χ3v) is 5.12. The second-order valence-electron chi connectivity index (χ2n) is 3.88. The number of hydrogen-bond acceptors (Lipinski definition) is 4. The van der Waals surface area contributed by atoms with E-state index in [1.807, 2.05) is 0 Å². The van der Waals surface area contributed by atoms with Crippen molar-refractivity contribution in [1.29, 1.82) is 0 Å². The zero-order valence-corrected chi connectivity index (χ0v) is 13.5. The van der Waals surface area contributed by atoms with Crippen molar-refractivity contribution >= 4 is 23.5 Å². The molecule has 1 aromatic carbocycles. The third-order valence-electron chi connectivity index (χ3n) is 2.46. The van der Waals surface area contributed by atoms with Gasteiger partial charge in [-0.05, 0) is 31.5 Å². The van der Waals surface area contributed by atoms with Crippen molar-refractivity contribution in [3.63, 3.8) is 0 Å². The first kappa shape index (κ1) is 17.7. The molecule has 8 heteroatoms. The molecule has 0 spiro atoms. The average molecular weight is 373 g/mol. The minimum absolute atomic E-state index is 0.0796. The highest BCUT2D eigenvalue weighted by Crippen LogP contribution is 2.66. The van der Waals surface area contributed by atoms with Gasteiger partial charge in [-0.1, -0.05) is 28.1 Å². The monoisotopic (exact) mass is 372 g/mol. The summed E-state index contributed by atoms with van der Waals surface area (Å²) < 4.78 is 50.5. The van der Waals surface area contributed by atoms with Crippen LogP contribution < -0.4 is 0 Å². The van der Waals surface area contributed by atoms with E-state index in [2.05, 4.69) is 25.0 Å². The number of benzene rings is 1. The van der Waals surface area contributed by atoms with Gasteiger partial charge in [0.1, 0.15) is 0 Å². The van der Waals surface area contributed by atoms with Gasteiger partial charge in [-0.3, -0.25) is 4.57 Å². The van der Waals surface area contributed by atoms with E-state index < -0.39 is 19.4 Å². The summed E-state index contributed by atoms with van der Waals surface area (Å²) >= 11 is 3.12. The van der Waals surface area contributed by atoms with Crippen molar-refractivity contribution in [1.82, 2.24) is 0 Å². The van der Waals surface area contributed by atoms with Crippen LogP contribution in [0.3, 0.4) is 0 Å². The Balaban J connectivity index is 3.15. The maximum absolute atomic E-state index is 14.3. The van der Waals surface area contributed by atoms with E-state index in [4.69, 9.17) is 0 Å². The minimum atomic E-state index is -4.76.